The van der Waals surface area contributed by atoms with Gasteiger partial charge in [0.2, 0.25) is 17.7 Å². The second kappa shape index (κ2) is 8.07. The van der Waals surface area contributed by atoms with E-state index >= 15 is 0 Å². The Kier molecular flexibility index (Phi) is 5.34. The Morgan fingerprint density at radius 3 is 2.76 bits per heavy atom. The molecule has 6 heteroatoms. The third-order valence-corrected chi connectivity index (χ3v) is 5.60. The van der Waals surface area contributed by atoms with E-state index in [-0.39, 0.29) is 30.1 Å². The largest absolute Gasteiger partial charge is 0.352 e. The van der Waals surface area contributed by atoms with Gasteiger partial charge in [-0.3, -0.25) is 14.4 Å². The Hall–Kier alpha value is -3.15. The number of nitrogens with zero attached hydrogens (tertiary/aromatic N) is 1. The molecule has 2 aromatic carbocycles. The highest BCUT2D eigenvalue weighted by atomic mass is 16.2. The maximum Gasteiger partial charge on any atom is 0.227 e. The summed E-state index contributed by atoms with van der Waals surface area (Å²) in [6.45, 7) is 2.23. The number of aryl methyl sites for hydroxylation is 2. The van der Waals surface area contributed by atoms with Gasteiger partial charge in [0, 0.05) is 37.8 Å². The SMILES string of the molecule is CC(=O)Nc1cccc(CNC(=O)C2CC(=O)N(c3ccc4c(c3)CCC4)C2)c1. The van der Waals surface area contributed by atoms with Gasteiger partial charge in [0.05, 0.1) is 5.92 Å². The van der Waals surface area contributed by atoms with E-state index in [1.165, 1.54) is 24.5 Å². The summed E-state index contributed by atoms with van der Waals surface area (Å²) in [5.74, 6) is -0.612. The van der Waals surface area contributed by atoms with E-state index in [1.54, 1.807) is 11.0 Å². The molecule has 1 atom stereocenters. The van der Waals surface area contributed by atoms with Crippen LogP contribution in [0, 0.1) is 5.92 Å². The predicted molar refractivity (Wildman–Crippen MR) is 112 cm³/mol. The summed E-state index contributed by atoms with van der Waals surface area (Å²) < 4.78 is 0. The Morgan fingerprint density at radius 1 is 1.10 bits per heavy atom. The van der Waals surface area contributed by atoms with Crippen LogP contribution in [0.1, 0.15) is 36.5 Å². The molecular formula is C23H25N3O3. The van der Waals surface area contributed by atoms with Crippen LogP contribution in [0.4, 0.5) is 11.4 Å². The lowest BCUT2D eigenvalue weighted by Gasteiger charge is -2.18. The maximum atomic E-state index is 12.6. The monoisotopic (exact) mass is 391 g/mol. The molecule has 29 heavy (non-hydrogen) atoms. The van der Waals surface area contributed by atoms with Crippen molar-refractivity contribution in [3.05, 3.63) is 59.2 Å². The van der Waals surface area contributed by atoms with Gasteiger partial charge in [-0.15, -0.1) is 0 Å². The lowest BCUT2D eigenvalue weighted by Crippen LogP contribution is -2.32. The smallest absolute Gasteiger partial charge is 0.227 e. The zero-order valence-electron chi connectivity index (χ0n) is 16.5. The second-order valence-electron chi connectivity index (χ2n) is 7.81. The molecule has 3 amide bonds. The summed E-state index contributed by atoms with van der Waals surface area (Å²) in [4.78, 5) is 38.1. The molecule has 2 aliphatic rings. The molecule has 150 valence electrons. The number of nitrogens with one attached hydrogen (secondary N) is 2. The summed E-state index contributed by atoms with van der Waals surface area (Å²) in [6, 6.07) is 13.6. The zero-order valence-corrected chi connectivity index (χ0v) is 16.5. The van der Waals surface area contributed by atoms with Crippen molar-refractivity contribution in [3.8, 4) is 0 Å². The first-order chi connectivity index (χ1) is 14.0. The summed E-state index contributed by atoms with van der Waals surface area (Å²) in [6.07, 6.45) is 3.57. The number of carbonyl (C=O) groups is 3. The van der Waals surface area contributed by atoms with Crippen molar-refractivity contribution in [2.45, 2.75) is 39.2 Å². The first kappa shape index (κ1) is 19.2. The van der Waals surface area contributed by atoms with E-state index in [2.05, 4.69) is 22.8 Å². The quantitative estimate of drug-likeness (QED) is 0.823. The van der Waals surface area contributed by atoms with Gasteiger partial charge in [-0.05, 0) is 60.2 Å². The van der Waals surface area contributed by atoms with Crippen molar-refractivity contribution in [3.63, 3.8) is 0 Å². The van der Waals surface area contributed by atoms with Crippen LogP contribution < -0.4 is 15.5 Å². The first-order valence-corrected chi connectivity index (χ1v) is 10.1. The van der Waals surface area contributed by atoms with E-state index in [9.17, 15) is 14.4 Å². The summed E-state index contributed by atoms with van der Waals surface area (Å²) in [5, 5.41) is 5.66. The van der Waals surface area contributed by atoms with Crippen LogP contribution in [0.2, 0.25) is 0 Å². The Balaban J connectivity index is 1.36. The summed E-state index contributed by atoms with van der Waals surface area (Å²) in [7, 11) is 0. The van der Waals surface area contributed by atoms with Gasteiger partial charge in [-0.1, -0.05) is 18.2 Å². The molecule has 1 fully saturated rings. The number of rotatable bonds is 5. The van der Waals surface area contributed by atoms with Crippen LogP contribution >= 0.6 is 0 Å². The van der Waals surface area contributed by atoms with E-state index in [4.69, 9.17) is 0 Å². The highest BCUT2D eigenvalue weighted by molar-refractivity contribution is 6.00. The van der Waals surface area contributed by atoms with Crippen LogP contribution in [0.25, 0.3) is 0 Å². The normalized spacial score (nSPS) is 17.9. The van der Waals surface area contributed by atoms with Gasteiger partial charge in [-0.25, -0.2) is 0 Å². The number of carbonyl (C=O) groups excluding carboxylic acids is 3. The lowest BCUT2D eigenvalue weighted by atomic mass is 10.1. The van der Waals surface area contributed by atoms with Gasteiger partial charge < -0.3 is 15.5 Å². The second-order valence-corrected chi connectivity index (χ2v) is 7.81. The predicted octanol–water partition coefficient (Wildman–Crippen LogP) is 2.80. The van der Waals surface area contributed by atoms with Gasteiger partial charge in [0.15, 0.2) is 0 Å². The molecule has 0 radical (unpaired) electrons. The molecule has 0 spiro atoms. The van der Waals surface area contributed by atoms with Gasteiger partial charge >= 0.3 is 0 Å². The molecule has 1 heterocycles. The first-order valence-electron chi connectivity index (χ1n) is 10.1. The molecule has 2 N–H and O–H groups in total. The topological polar surface area (TPSA) is 78.5 Å². The lowest BCUT2D eigenvalue weighted by molar-refractivity contribution is -0.126. The molecular weight excluding hydrogens is 366 g/mol. The molecule has 0 aromatic heterocycles. The van der Waals surface area contributed by atoms with Gasteiger partial charge in [-0.2, -0.15) is 0 Å². The van der Waals surface area contributed by atoms with Crippen molar-refractivity contribution < 1.29 is 14.4 Å². The van der Waals surface area contributed by atoms with Crippen LogP contribution in [0.3, 0.4) is 0 Å². The van der Waals surface area contributed by atoms with Crippen molar-refractivity contribution in [1.82, 2.24) is 5.32 Å². The fourth-order valence-corrected chi connectivity index (χ4v) is 4.15. The van der Waals surface area contributed by atoms with Crippen molar-refractivity contribution >= 4 is 29.1 Å². The average Bonchev–Trinajstić information content (AvgIpc) is 3.31. The number of hydrogen-bond donors (Lipinski definition) is 2. The highest BCUT2D eigenvalue weighted by Gasteiger charge is 2.35. The Morgan fingerprint density at radius 2 is 1.93 bits per heavy atom. The van der Waals surface area contributed by atoms with Crippen LogP contribution in [-0.2, 0) is 33.8 Å². The highest BCUT2D eigenvalue weighted by Crippen LogP contribution is 2.30. The fourth-order valence-electron chi connectivity index (χ4n) is 4.15. The van der Waals surface area contributed by atoms with Gasteiger partial charge in [0.1, 0.15) is 0 Å². The number of anilines is 2. The molecule has 1 unspecified atom stereocenters. The summed E-state index contributed by atoms with van der Waals surface area (Å²) in [5.41, 5.74) is 5.18. The molecule has 4 rings (SSSR count). The standard InChI is InChI=1S/C23H25N3O3/c1-15(27)25-20-7-2-4-16(10-20)13-24-23(29)19-12-22(28)26(14-19)21-9-8-17-5-3-6-18(17)11-21/h2,4,7-11,19H,3,5-6,12-14H2,1H3,(H,24,29)(H,25,27). The zero-order chi connectivity index (χ0) is 20.4. The minimum atomic E-state index is -0.353. The van der Waals surface area contributed by atoms with Crippen LogP contribution in [0.5, 0.6) is 0 Å². The minimum Gasteiger partial charge on any atom is -0.352 e. The Labute approximate surface area is 170 Å². The molecule has 0 bridgehead atoms. The fraction of sp³-hybridized carbons (Fsp3) is 0.348. The van der Waals surface area contributed by atoms with E-state index in [0.29, 0.717) is 18.8 Å². The van der Waals surface area contributed by atoms with E-state index < -0.39 is 0 Å². The number of benzene rings is 2. The number of amides is 3. The minimum absolute atomic E-state index is 0.00393. The third-order valence-electron chi connectivity index (χ3n) is 5.60. The van der Waals surface area contributed by atoms with Crippen molar-refractivity contribution in [2.75, 3.05) is 16.8 Å². The number of fused-ring (bicyclic) bond motifs is 1. The van der Waals surface area contributed by atoms with Crippen LogP contribution in [0.15, 0.2) is 42.5 Å². The molecule has 1 aliphatic heterocycles. The molecule has 0 saturated carbocycles. The van der Waals surface area contributed by atoms with Crippen molar-refractivity contribution in [2.24, 2.45) is 5.92 Å². The molecule has 6 nitrogen and oxygen atoms in total. The number of hydrogen-bond acceptors (Lipinski definition) is 3. The maximum absolute atomic E-state index is 12.6. The van der Waals surface area contributed by atoms with Crippen molar-refractivity contribution in [1.29, 1.82) is 0 Å². The van der Waals surface area contributed by atoms with Crippen LogP contribution in [-0.4, -0.2) is 24.3 Å². The summed E-state index contributed by atoms with van der Waals surface area (Å²) >= 11 is 0. The van der Waals surface area contributed by atoms with E-state index in [1.807, 2.05) is 24.3 Å². The molecule has 2 aromatic rings. The average molecular weight is 391 g/mol. The molecule has 1 aliphatic carbocycles. The molecule has 1 saturated heterocycles. The van der Waals surface area contributed by atoms with E-state index in [0.717, 1.165) is 24.1 Å². The van der Waals surface area contributed by atoms with Gasteiger partial charge in [0.25, 0.3) is 0 Å². The third kappa shape index (κ3) is 4.31. The Bertz CT molecular complexity index is 970.